The van der Waals surface area contributed by atoms with Crippen molar-refractivity contribution in [1.82, 2.24) is 4.57 Å². The fourth-order valence-corrected chi connectivity index (χ4v) is 2.61. The lowest BCUT2D eigenvalue weighted by Crippen LogP contribution is -2.22. The monoisotopic (exact) mass is 297 g/mol. The van der Waals surface area contributed by atoms with Crippen LogP contribution < -0.4 is 0 Å². The van der Waals surface area contributed by atoms with Crippen molar-refractivity contribution in [3.63, 3.8) is 0 Å². The van der Waals surface area contributed by atoms with Gasteiger partial charge >= 0.3 is 5.97 Å². The van der Waals surface area contributed by atoms with Crippen molar-refractivity contribution < 1.29 is 14.3 Å². The first-order valence-corrected chi connectivity index (χ1v) is 10.9. The third-order valence-corrected chi connectivity index (χ3v) is 5.03. The number of nitrogens with zero attached hydrogens (tertiary/aromatic N) is 1. The molecule has 0 aromatic carbocycles. The van der Waals surface area contributed by atoms with Gasteiger partial charge in [-0.25, -0.2) is 4.79 Å². The molecule has 0 amide bonds. The first-order chi connectivity index (χ1) is 9.26. The van der Waals surface area contributed by atoms with E-state index in [1.165, 1.54) is 0 Å². The molecule has 20 heavy (non-hydrogen) atoms. The molecular weight excluding hydrogens is 270 g/mol. The highest BCUT2D eigenvalue weighted by Gasteiger charge is 2.17. The molecule has 0 saturated carbocycles. The van der Waals surface area contributed by atoms with Crippen molar-refractivity contribution in [3.05, 3.63) is 23.0 Å². The van der Waals surface area contributed by atoms with Gasteiger partial charge in [-0.3, -0.25) is 0 Å². The lowest BCUT2D eigenvalue weighted by atomic mass is 10.3. The predicted octanol–water partition coefficient (Wildman–Crippen LogP) is 3.59. The maximum absolute atomic E-state index is 11.9. The second-order valence-electron chi connectivity index (χ2n) is 6.29. The van der Waals surface area contributed by atoms with Crippen molar-refractivity contribution in [2.75, 3.05) is 13.2 Å². The van der Waals surface area contributed by atoms with E-state index in [1.807, 2.05) is 31.4 Å². The summed E-state index contributed by atoms with van der Waals surface area (Å²) in [5.74, 6) is -0.280. The third kappa shape index (κ3) is 4.79. The Morgan fingerprint density at radius 1 is 1.30 bits per heavy atom. The molecule has 0 saturated heterocycles. The summed E-state index contributed by atoms with van der Waals surface area (Å²) in [5, 5.41) is 0. The lowest BCUT2D eigenvalue weighted by Gasteiger charge is -2.17. The largest absolute Gasteiger partial charge is 0.461 e. The highest BCUT2D eigenvalue weighted by molar-refractivity contribution is 6.76. The molecule has 0 aliphatic rings. The molecule has 1 aromatic rings. The van der Waals surface area contributed by atoms with Gasteiger partial charge in [0.2, 0.25) is 0 Å². The van der Waals surface area contributed by atoms with Crippen LogP contribution in [0.25, 0.3) is 0 Å². The summed E-state index contributed by atoms with van der Waals surface area (Å²) in [7, 11) is -1.08. The Bertz CT molecular complexity index is 460. The van der Waals surface area contributed by atoms with E-state index in [0.29, 0.717) is 19.0 Å². The van der Waals surface area contributed by atoms with Crippen LogP contribution in [0.1, 0.15) is 28.7 Å². The maximum Gasteiger partial charge on any atom is 0.355 e. The molecule has 0 N–H and O–H groups in total. The molecule has 0 unspecified atom stereocenters. The number of aromatic nitrogens is 1. The molecular formula is C15H27NO3Si. The zero-order valence-electron chi connectivity index (χ0n) is 13.6. The molecule has 0 fully saturated rings. The number of aryl methyl sites for hydroxylation is 1. The van der Waals surface area contributed by atoms with Crippen molar-refractivity contribution in [3.8, 4) is 0 Å². The van der Waals surface area contributed by atoms with E-state index in [4.69, 9.17) is 9.47 Å². The SMILES string of the molecule is CCOC(=O)c1cc(C)c(C)n1COCC[Si](C)(C)C. The predicted molar refractivity (Wildman–Crippen MR) is 84.0 cm³/mol. The van der Waals surface area contributed by atoms with Crippen LogP contribution >= 0.6 is 0 Å². The second-order valence-corrected chi connectivity index (χ2v) is 11.9. The maximum atomic E-state index is 11.9. The summed E-state index contributed by atoms with van der Waals surface area (Å²) < 4.78 is 12.7. The normalized spacial score (nSPS) is 11.7. The first kappa shape index (κ1) is 17.0. The van der Waals surface area contributed by atoms with Gasteiger partial charge in [-0.15, -0.1) is 0 Å². The van der Waals surface area contributed by atoms with Crippen molar-refractivity contribution in [2.45, 2.75) is 53.2 Å². The summed E-state index contributed by atoms with van der Waals surface area (Å²) >= 11 is 0. The van der Waals surface area contributed by atoms with Crippen LogP contribution in [0.4, 0.5) is 0 Å². The third-order valence-electron chi connectivity index (χ3n) is 3.32. The Balaban J connectivity index is 2.71. The number of carbonyl (C=O) groups is 1. The molecule has 1 aromatic heterocycles. The smallest absolute Gasteiger partial charge is 0.355 e. The molecule has 0 aliphatic heterocycles. The van der Waals surface area contributed by atoms with Crippen LogP contribution in [-0.2, 0) is 16.2 Å². The van der Waals surface area contributed by atoms with E-state index in [2.05, 4.69) is 19.6 Å². The summed E-state index contributed by atoms with van der Waals surface area (Å²) in [6, 6.07) is 3.00. The van der Waals surface area contributed by atoms with Crippen LogP contribution in [0.5, 0.6) is 0 Å². The average molecular weight is 297 g/mol. The van der Waals surface area contributed by atoms with Gasteiger partial charge in [-0.1, -0.05) is 19.6 Å². The minimum absolute atomic E-state index is 0.280. The Morgan fingerprint density at radius 2 is 1.95 bits per heavy atom. The van der Waals surface area contributed by atoms with Crippen molar-refractivity contribution >= 4 is 14.0 Å². The van der Waals surface area contributed by atoms with Crippen LogP contribution in [0, 0.1) is 13.8 Å². The van der Waals surface area contributed by atoms with Gasteiger partial charge in [-0.2, -0.15) is 0 Å². The molecule has 0 atom stereocenters. The highest BCUT2D eigenvalue weighted by atomic mass is 28.3. The van der Waals surface area contributed by atoms with E-state index in [-0.39, 0.29) is 5.97 Å². The summed E-state index contributed by atoms with van der Waals surface area (Å²) in [4.78, 5) is 11.9. The Hall–Kier alpha value is -1.07. The van der Waals surface area contributed by atoms with Crippen LogP contribution in [0.3, 0.4) is 0 Å². The Morgan fingerprint density at radius 3 is 2.50 bits per heavy atom. The molecule has 0 radical (unpaired) electrons. The van der Waals surface area contributed by atoms with E-state index in [0.717, 1.165) is 23.9 Å². The molecule has 0 bridgehead atoms. The summed E-state index contributed by atoms with van der Waals surface area (Å²) in [6.07, 6.45) is 0. The highest BCUT2D eigenvalue weighted by Crippen LogP contribution is 2.16. The zero-order chi connectivity index (χ0) is 15.3. The Labute approximate surface area is 123 Å². The van der Waals surface area contributed by atoms with Crippen molar-refractivity contribution in [2.24, 2.45) is 0 Å². The number of carbonyl (C=O) groups excluding carboxylic acids is 1. The molecule has 1 heterocycles. The molecule has 0 spiro atoms. The fourth-order valence-electron chi connectivity index (χ4n) is 1.86. The molecule has 0 aliphatic carbocycles. The minimum Gasteiger partial charge on any atom is -0.461 e. The number of hydrogen-bond donors (Lipinski definition) is 0. The topological polar surface area (TPSA) is 40.5 Å². The van der Waals surface area contributed by atoms with E-state index >= 15 is 0 Å². The second kappa shape index (κ2) is 7.08. The van der Waals surface area contributed by atoms with Crippen LogP contribution in [0.15, 0.2) is 6.07 Å². The summed E-state index contributed by atoms with van der Waals surface area (Å²) in [6.45, 7) is 14.3. The van der Waals surface area contributed by atoms with E-state index in [9.17, 15) is 4.79 Å². The first-order valence-electron chi connectivity index (χ1n) is 7.18. The number of ether oxygens (including phenoxy) is 2. The van der Waals surface area contributed by atoms with Crippen LogP contribution in [-0.4, -0.2) is 31.8 Å². The molecule has 114 valence electrons. The summed E-state index contributed by atoms with van der Waals surface area (Å²) in [5.41, 5.74) is 2.72. The molecule has 4 nitrogen and oxygen atoms in total. The van der Waals surface area contributed by atoms with Gasteiger partial charge in [0.1, 0.15) is 12.4 Å². The van der Waals surface area contributed by atoms with E-state index in [1.54, 1.807) is 0 Å². The fraction of sp³-hybridized carbons (Fsp3) is 0.667. The number of rotatable bonds is 7. The van der Waals surface area contributed by atoms with Gasteiger partial charge in [0.05, 0.1) is 6.61 Å². The molecule has 1 rings (SSSR count). The van der Waals surface area contributed by atoms with Crippen LogP contribution in [0.2, 0.25) is 25.7 Å². The van der Waals surface area contributed by atoms with Crippen molar-refractivity contribution in [1.29, 1.82) is 0 Å². The van der Waals surface area contributed by atoms with Gasteiger partial charge in [0, 0.05) is 20.4 Å². The van der Waals surface area contributed by atoms with Gasteiger partial charge in [0.15, 0.2) is 0 Å². The van der Waals surface area contributed by atoms with Gasteiger partial charge < -0.3 is 14.0 Å². The minimum atomic E-state index is -1.08. The zero-order valence-corrected chi connectivity index (χ0v) is 14.6. The lowest BCUT2D eigenvalue weighted by molar-refractivity contribution is 0.0471. The molecule has 5 heteroatoms. The number of esters is 1. The standard InChI is InChI=1S/C15H27NO3Si/c1-7-19-15(17)14-10-12(2)13(3)16(14)11-18-8-9-20(4,5)6/h10H,7-9,11H2,1-6H3. The number of hydrogen-bond acceptors (Lipinski definition) is 3. The van der Waals surface area contributed by atoms with Gasteiger partial charge in [-0.05, 0) is 38.4 Å². The van der Waals surface area contributed by atoms with Gasteiger partial charge in [0.25, 0.3) is 0 Å². The van der Waals surface area contributed by atoms with E-state index < -0.39 is 8.07 Å². The quantitative estimate of drug-likeness (QED) is 0.439. The average Bonchev–Trinajstić information content (AvgIpc) is 2.61. The Kier molecular flexibility index (Phi) is 6.01.